The summed E-state index contributed by atoms with van der Waals surface area (Å²) in [6.45, 7) is 2.31. The van der Waals surface area contributed by atoms with Gasteiger partial charge in [0, 0.05) is 24.8 Å². The summed E-state index contributed by atoms with van der Waals surface area (Å²) < 4.78 is 27.9. The van der Waals surface area contributed by atoms with Crippen LogP contribution < -0.4 is 5.56 Å². The molecule has 0 spiro atoms. The average Bonchev–Trinajstić information content (AvgIpc) is 2.56. The summed E-state index contributed by atoms with van der Waals surface area (Å²) in [5, 5.41) is 0. The van der Waals surface area contributed by atoms with Gasteiger partial charge in [0.2, 0.25) is 0 Å². The van der Waals surface area contributed by atoms with E-state index in [4.69, 9.17) is 0 Å². The molecule has 3 rings (SSSR count). The summed E-state index contributed by atoms with van der Waals surface area (Å²) >= 11 is 0. The SMILES string of the molecule is CC(c1ccc(F)c(F)c1)N(C)Cc1cc(=O)n2ccccc2n1. The highest BCUT2D eigenvalue weighted by Gasteiger charge is 2.15. The smallest absolute Gasteiger partial charge is 0.258 e. The fraction of sp³-hybridized carbons (Fsp3) is 0.222. The Morgan fingerprint density at radius 3 is 2.71 bits per heavy atom. The minimum atomic E-state index is -0.866. The lowest BCUT2D eigenvalue weighted by molar-refractivity contribution is 0.249. The number of aromatic nitrogens is 2. The van der Waals surface area contributed by atoms with Gasteiger partial charge in [-0.05, 0) is 43.8 Å². The standard InChI is InChI=1S/C18H17F2N3O/c1-12(13-6-7-15(19)16(20)9-13)22(2)11-14-10-18(24)23-8-4-3-5-17(23)21-14/h3-10,12H,11H2,1-2H3. The molecule has 1 aromatic carbocycles. The molecular weight excluding hydrogens is 312 g/mol. The molecule has 1 atom stereocenters. The van der Waals surface area contributed by atoms with E-state index in [0.29, 0.717) is 23.4 Å². The summed E-state index contributed by atoms with van der Waals surface area (Å²) in [4.78, 5) is 18.5. The number of benzene rings is 1. The number of pyridine rings is 1. The normalized spacial score (nSPS) is 12.7. The summed E-state index contributed by atoms with van der Waals surface area (Å²) in [5.74, 6) is -1.73. The zero-order chi connectivity index (χ0) is 17.3. The van der Waals surface area contributed by atoms with Crippen LogP contribution in [-0.2, 0) is 6.54 Å². The quantitative estimate of drug-likeness (QED) is 0.738. The molecule has 0 N–H and O–H groups in total. The van der Waals surface area contributed by atoms with Crippen LogP contribution in [0.4, 0.5) is 8.78 Å². The van der Waals surface area contributed by atoms with Crippen molar-refractivity contribution in [2.45, 2.75) is 19.5 Å². The van der Waals surface area contributed by atoms with Crippen molar-refractivity contribution in [2.75, 3.05) is 7.05 Å². The summed E-state index contributed by atoms with van der Waals surface area (Å²) in [7, 11) is 1.85. The Morgan fingerprint density at radius 2 is 1.96 bits per heavy atom. The molecule has 2 aromatic heterocycles. The van der Waals surface area contributed by atoms with E-state index < -0.39 is 11.6 Å². The van der Waals surface area contributed by atoms with Crippen molar-refractivity contribution < 1.29 is 8.78 Å². The van der Waals surface area contributed by atoms with Gasteiger partial charge in [-0.3, -0.25) is 14.1 Å². The van der Waals surface area contributed by atoms with Crippen LogP contribution in [0.2, 0.25) is 0 Å². The van der Waals surface area contributed by atoms with Gasteiger partial charge in [0.1, 0.15) is 5.65 Å². The van der Waals surface area contributed by atoms with Gasteiger partial charge >= 0.3 is 0 Å². The Morgan fingerprint density at radius 1 is 1.17 bits per heavy atom. The lowest BCUT2D eigenvalue weighted by Crippen LogP contribution is -2.24. The van der Waals surface area contributed by atoms with Crippen LogP contribution in [0.5, 0.6) is 0 Å². The third kappa shape index (κ3) is 3.19. The van der Waals surface area contributed by atoms with E-state index in [1.54, 1.807) is 24.4 Å². The summed E-state index contributed by atoms with van der Waals surface area (Å²) in [5.41, 5.74) is 1.72. The molecule has 2 heterocycles. The third-order valence-electron chi connectivity index (χ3n) is 4.12. The molecular formula is C18H17F2N3O. The van der Waals surface area contributed by atoms with Crippen molar-refractivity contribution in [3.63, 3.8) is 0 Å². The minimum Gasteiger partial charge on any atom is -0.294 e. The largest absolute Gasteiger partial charge is 0.294 e. The Kier molecular flexibility index (Phi) is 4.40. The van der Waals surface area contributed by atoms with Gasteiger partial charge in [-0.2, -0.15) is 0 Å². The van der Waals surface area contributed by atoms with E-state index in [1.165, 1.54) is 16.5 Å². The molecule has 0 saturated carbocycles. The molecule has 0 aliphatic carbocycles. The molecule has 0 aliphatic rings. The topological polar surface area (TPSA) is 37.6 Å². The van der Waals surface area contributed by atoms with E-state index >= 15 is 0 Å². The van der Waals surface area contributed by atoms with Crippen molar-refractivity contribution in [2.24, 2.45) is 0 Å². The maximum Gasteiger partial charge on any atom is 0.258 e. The maximum atomic E-state index is 13.4. The molecule has 0 bridgehead atoms. The second kappa shape index (κ2) is 6.49. The molecule has 0 radical (unpaired) electrons. The van der Waals surface area contributed by atoms with Gasteiger partial charge in [0.15, 0.2) is 11.6 Å². The molecule has 0 amide bonds. The van der Waals surface area contributed by atoms with Crippen LogP contribution in [0.3, 0.4) is 0 Å². The van der Waals surface area contributed by atoms with Crippen LogP contribution in [-0.4, -0.2) is 21.3 Å². The maximum absolute atomic E-state index is 13.4. The van der Waals surface area contributed by atoms with Gasteiger partial charge in [-0.1, -0.05) is 12.1 Å². The molecule has 24 heavy (non-hydrogen) atoms. The van der Waals surface area contributed by atoms with Gasteiger partial charge < -0.3 is 0 Å². The zero-order valence-corrected chi connectivity index (χ0v) is 13.4. The number of halogens is 2. The average molecular weight is 329 g/mol. The van der Waals surface area contributed by atoms with Gasteiger partial charge in [-0.25, -0.2) is 13.8 Å². The van der Waals surface area contributed by atoms with Crippen molar-refractivity contribution in [1.82, 2.24) is 14.3 Å². The fourth-order valence-electron chi connectivity index (χ4n) is 2.60. The van der Waals surface area contributed by atoms with Crippen molar-refractivity contribution in [3.05, 3.63) is 81.9 Å². The molecule has 4 nitrogen and oxygen atoms in total. The van der Waals surface area contributed by atoms with E-state index in [0.717, 1.165) is 6.07 Å². The molecule has 0 aliphatic heterocycles. The second-order valence-corrected chi connectivity index (χ2v) is 5.78. The van der Waals surface area contributed by atoms with Crippen LogP contribution in [0.1, 0.15) is 24.2 Å². The fourth-order valence-corrected chi connectivity index (χ4v) is 2.60. The highest BCUT2D eigenvalue weighted by atomic mass is 19.2. The van der Waals surface area contributed by atoms with E-state index in [1.807, 2.05) is 24.9 Å². The molecule has 6 heteroatoms. The van der Waals surface area contributed by atoms with Crippen LogP contribution >= 0.6 is 0 Å². The van der Waals surface area contributed by atoms with Crippen LogP contribution in [0.25, 0.3) is 5.65 Å². The highest BCUT2D eigenvalue weighted by Crippen LogP contribution is 2.22. The van der Waals surface area contributed by atoms with Crippen molar-refractivity contribution in [3.8, 4) is 0 Å². The Balaban J connectivity index is 1.84. The van der Waals surface area contributed by atoms with E-state index in [2.05, 4.69) is 4.98 Å². The van der Waals surface area contributed by atoms with Crippen LogP contribution in [0.15, 0.2) is 53.5 Å². The lowest BCUT2D eigenvalue weighted by atomic mass is 10.1. The van der Waals surface area contributed by atoms with Crippen molar-refractivity contribution >= 4 is 5.65 Å². The number of nitrogens with zero attached hydrogens (tertiary/aromatic N) is 3. The van der Waals surface area contributed by atoms with Crippen LogP contribution in [0, 0.1) is 11.6 Å². The van der Waals surface area contributed by atoms with E-state index in [-0.39, 0.29) is 11.6 Å². The third-order valence-corrected chi connectivity index (χ3v) is 4.12. The summed E-state index contributed by atoms with van der Waals surface area (Å²) in [6, 6.07) is 10.6. The highest BCUT2D eigenvalue weighted by molar-refractivity contribution is 5.38. The Bertz CT molecular complexity index is 939. The number of fused-ring (bicyclic) bond motifs is 1. The Hall–Kier alpha value is -2.60. The first-order valence-corrected chi connectivity index (χ1v) is 7.58. The monoisotopic (exact) mass is 329 g/mol. The van der Waals surface area contributed by atoms with E-state index in [9.17, 15) is 13.6 Å². The second-order valence-electron chi connectivity index (χ2n) is 5.78. The zero-order valence-electron chi connectivity index (χ0n) is 13.4. The number of hydrogen-bond donors (Lipinski definition) is 0. The first kappa shape index (κ1) is 16.3. The lowest BCUT2D eigenvalue weighted by Gasteiger charge is -2.24. The molecule has 3 aromatic rings. The Labute approximate surface area is 138 Å². The molecule has 124 valence electrons. The van der Waals surface area contributed by atoms with Gasteiger partial charge in [-0.15, -0.1) is 0 Å². The first-order valence-electron chi connectivity index (χ1n) is 7.58. The van der Waals surface area contributed by atoms with Crippen molar-refractivity contribution in [1.29, 1.82) is 0 Å². The first-order chi connectivity index (χ1) is 11.5. The predicted molar refractivity (Wildman–Crippen MR) is 87.7 cm³/mol. The number of rotatable bonds is 4. The van der Waals surface area contributed by atoms with Gasteiger partial charge in [0.05, 0.1) is 5.69 Å². The predicted octanol–water partition coefficient (Wildman–Crippen LogP) is 3.17. The van der Waals surface area contributed by atoms with Gasteiger partial charge in [0.25, 0.3) is 5.56 Å². The summed E-state index contributed by atoms with van der Waals surface area (Å²) in [6.07, 6.45) is 1.67. The molecule has 0 fully saturated rings. The number of hydrogen-bond acceptors (Lipinski definition) is 3. The molecule has 0 saturated heterocycles. The minimum absolute atomic E-state index is 0.149. The molecule has 1 unspecified atom stereocenters.